The van der Waals surface area contributed by atoms with Crippen molar-refractivity contribution in [3.8, 4) is 29.1 Å². The minimum absolute atomic E-state index is 0.409. The van der Waals surface area contributed by atoms with Gasteiger partial charge in [-0.25, -0.2) is 4.98 Å². The molecule has 0 saturated heterocycles. The highest BCUT2D eigenvalue weighted by Crippen LogP contribution is 2.31. The van der Waals surface area contributed by atoms with E-state index < -0.39 is 0 Å². The first kappa shape index (κ1) is 14.8. The molecular formula is C20H12N4O. The lowest BCUT2D eigenvalue weighted by molar-refractivity contribution is 0.467. The van der Waals surface area contributed by atoms with E-state index in [0.717, 1.165) is 16.5 Å². The third kappa shape index (κ3) is 2.89. The molecule has 0 amide bonds. The number of nitriles is 1. The van der Waals surface area contributed by atoms with Crippen molar-refractivity contribution in [2.45, 2.75) is 0 Å². The first-order valence-corrected chi connectivity index (χ1v) is 7.69. The molecule has 0 unspecified atom stereocenters. The molecule has 0 radical (unpaired) electrons. The normalized spacial score (nSPS) is 10.4. The molecule has 0 aliphatic carbocycles. The molecular weight excluding hydrogens is 312 g/mol. The molecule has 2 heterocycles. The Morgan fingerprint density at radius 1 is 0.880 bits per heavy atom. The highest BCUT2D eigenvalue weighted by molar-refractivity contribution is 5.85. The van der Waals surface area contributed by atoms with Crippen molar-refractivity contribution in [1.82, 2.24) is 15.0 Å². The average Bonchev–Trinajstić information content (AvgIpc) is 2.69. The van der Waals surface area contributed by atoms with Crippen molar-refractivity contribution in [2.24, 2.45) is 0 Å². The van der Waals surface area contributed by atoms with Crippen LogP contribution in [-0.2, 0) is 0 Å². The quantitative estimate of drug-likeness (QED) is 0.560. The van der Waals surface area contributed by atoms with Crippen molar-refractivity contribution in [3.05, 3.63) is 78.6 Å². The lowest BCUT2D eigenvalue weighted by atomic mass is 10.2. The zero-order valence-electron chi connectivity index (χ0n) is 13.1. The van der Waals surface area contributed by atoms with E-state index >= 15 is 0 Å². The second-order valence-corrected chi connectivity index (χ2v) is 5.32. The van der Waals surface area contributed by atoms with E-state index in [1.807, 2.05) is 42.5 Å². The fraction of sp³-hybridized carbons (Fsp3) is 0. The lowest BCUT2D eigenvalue weighted by Gasteiger charge is -2.10. The SMILES string of the molecule is N#Cc1ccccc1Oc1nc(-c2cccnc2)nc2ccccc12. The fourth-order valence-electron chi connectivity index (χ4n) is 2.50. The second kappa shape index (κ2) is 6.38. The molecule has 4 rings (SSSR count). The van der Waals surface area contributed by atoms with E-state index in [4.69, 9.17) is 4.74 Å². The van der Waals surface area contributed by atoms with E-state index in [2.05, 4.69) is 21.0 Å². The third-order valence-corrected chi connectivity index (χ3v) is 3.70. The number of fused-ring (bicyclic) bond motifs is 1. The number of para-hydroxylation sites is 2. The number of pyridine rings is 1. The molecule has 5 nitrogen and oxygen atoms in total. The molecule has 0 saturated carbocycles. The Balaban J connectivity index is 1.89. The van der Waals surface area contributed by atoms with Crippen LogP contribution >= 0.6 is 0 Å². The molecule has 118 valence electrons. The molecule has 2 aromatic carbocycles. The van der Waals surface area contributed by atoms with Gasteiger partial charge in [-0.15, -0.1) is 0 Å². The number of aromatic nitrogens is 3. The van der Waals surface area contributed by atoms with Gasteiger partial charge in [-0.3, -0.25) is 4.98 Å². The van der Waals surface area contributed by atoms with Crippen LogP contribution in [0.3, 0.4) is 0 Å². The Kier molecular flexibility index (Phi) is 3.77. The highest BCUT2D eigenvalue weighted by atomic mass is 16.5. The van der Waals surface area contributed by atoms with Crippen molar-refractivity contribution < 1.29 is 4.74 Å². The van der Waals surface area contributed by atoms with Crippen molar-refractivity contribution in [2.75, 3.05) is 0 Å². The zero-order valence-corrected chi connectivity index (χ0v) is 13.1. The van der Waals surface area contributed by atoms with Crippen LogP contribution in [-0.4, -0.2) is 15.0 Å². The number of ether oxygens (including phenoxy) is 1. The van der Waals surface area contributed by atoms with Gasteiger partial charge in [-0.1, -0.05) is 24.3 Å². The van der Waals surface area contributed by atoms with Crippen LogP contribution in [0.4, 0.5) is 0 Å². The zero-order chi connectivity index (χ0) is 17.1. The van der Waals surface area contributed by atoms with Crippen molar-refractivity contribution >= 4 is 10.9 Å². The largest absolute Gasteiger partial charge is 0.437 e. The summed E-state index contributed by atoms with van der Waals surface area (Å²) >= 11 is 0. The highest BCUT2D eigenvalue weighted by Gasteiger charge is 2.13. The maximum atomic E-state index is 9.27. The molecule has 0 bridgehead atoms. The maximum absolute atomic E-state index is 9.27. The Hall–Kier alpha value is -3.78. The Morgan fingerprint density at radius 3 is 2.56 bits per heavy atom. The molecule has 0 aliphatic rings. The minimum atomic E-state index is 0.409. The predicted molar refractivity (Wildman–Crippen MR) is 94.0 cm³/mol. The van der Waals surface area contributed by atoms with Gasteiger partial charge in [0.05, 0.1) is 16.5 Å². The van der Waals surface area contributed by atoms with Gasteiger partial charge < -0.3 is 4.74 Å². The van der Waals surface area contributed by atoms with E-state index in [9.17, 15) is 5.26 Å². The fourth-order valence-corrected chi connectivity index (χ4v) is 2.50. The van der Waals surface area contributed by atoms with E-state index in [0.29, 0.717) is 23.0 Å². The first-order chi connectivity index (χ1) is 12.3. The second-order valence-electron chi connectivity index (χ2n) is 5.32. The summed E-state index contributed by atoms with van der Waals surface area (Å²) in [4.78, 5) is 13.3. The summed E-state index contributed by atoms with van der Waals surface area (Å²) in [5.41, 5.74) is 2.01. The maximum Gasteiger partial charge on any atom is 0.230 e. The summed E-state index contributed by atoms with van der Waals surface area (Å²) in [5.74, 6) is 1.40. The monoisotopic (exact) mass is 324 g/mol. The molecule has 0 atom stereocenters. The molecule has 25 heavy (non-hydrogen) atoms. The number of benzene rings is 2. The first-order valence-electron chi connectivity index (χ1n) is 7.69. The molecule has 2 aromatic heterocycles. The topological polar surface area (TPSA) is 71.7 Å². The Morgan fingerprint density at radius 2 is 1.72 bits per heavy atom. The van der Waals surface area contributed by atoms with Crippen LogP contribution in [0, 0.1) is 11.3 Å². The number of rotatable bonds is 3. The third-order valence-electron chi connectivity index (χ3n) is 3.70. The minimum Gasteiger partial charge on any atom is -0.437 e. The predicted octanol–water partition coefficient (Wildman–Crippen LogP) is 4.36. The Bertz CT molecular complexity index is 1090. The van der Waals surface area contributed by atoms with Crippen LogP contribution in [0.15, 0.2) is 73.1 Å². The summed E-state index contributed by atoms with van der Waals surface area (Å²) in [5, 5.41) is 10.1. The van der Waals surface area contributed by atoms with E-state index in [1.165, 1.54) is 0 Å². The van der Waals surface area contributed by atoms with Gasteiger partial charge in [-0.05, 0) is 36.4 Å². The van der Waals surface area contributed by atoms with Gasteiger partial charge in [0, 0.05) is 18.0 Å². The van der Waals surface area contributed by atoms with Crippen molar-refractivity contribution in [1.29, 1.82) is 5.26 Å². The van der Waals surface area contributed by atoms with Gasteiger partial charge in [0.1, 0.15) is 11.8 Å². The Labute approximate surface area is 144 Å². The average molecular weight is 324 g/mol. The van der Waals surface area contributed by atoms with E-state index in [1.54, 1.807) is 30.6 Å². The van der Waals surface area contributed by atoms with Crippen molar-refractivity contribution in [3.63, 3.8) is 0 Å². The van der Waals surface area contributed by atoms with Gasteiger partial charge in [-0.2, -0.15) is 10.2 Å². The number of hydrogen-bond donors (Lipinski definition) is 0. The molecule has 0 fully saturated rings. The van der Waals surface area contributed by atoms with Gasteiger partial charge in [0.15, 0.2) is 5.82 Å². The summed E-state index contributed by atoms with van der Waals surface area (Å²) < 4.78 is 5.98. The van der Waals surface area contributed by atoms with Gasteiger partial charge >= 0.3 is 0 Å². The number of nitrogens with zero attached hydrogens (tertiary/aromatic N) is 4. The molecule has 4 aromatic rings. The van der Waals surface area contributed by atoms with Crippen LogP contribution in [0.2, 0.25) is 0 Å². The van der Waals surface area contributed by atoms with Crippen LogP contribution < -0.4 is 4.74 Å². The lowest BCUT2D eigenvalue weighted by Crippen LogP contribution is -1.97. The van der Waals surface area contributed by atoms with Gasteiger partial charge in [0.2, 0.25) is 5.88 Å². The molecule has 5 heteroatoms. The molecule has 0 aliphatic heterocycles. The summed E-state index contributed by atoms with van der Waals surface area (Å²) in [6, 6.07) is 20.5. The van der Waals surface area contributed by atoms with Crippen LogP contribution in [0.5, 0.6) is 11.6 Å². The van der Waals surface area contributed by atoms with Crippen LogP contribution in [0.1, 0.15) is 5.56 Å². The number of hydrogen-bond acceptors (Lipinski definition) is 5. The van der Waals surface area contributed by atoms with E-state index in [-0.39, 0.29) is 0 Å². The van der Waals surface area contributed by atoms with Gasteiger partial charge in [0.25, 0.3) is 0 Å². The standard InChI is InChI=1S/C20H12N4O/c21-12-14-6-1-4-10-18(14)25-20-16-8-2-3-9-17(16)23-19(24-20)15-7-5-11-22-13-15/h1-11,13H. The smallest absolute Gasteiger partial charge is 0.230 e. The summed E-state index contributed by atoms with van der Waals surface area (Å²) in [7, 11) is 0. The van der Waals surface area contributed by atoms with Crippen LogP contribution in [0.25, 0.3) is 22.3 Å². The summed E-state index contributed by atoms with van der Waals surface area (Å²) in [6.45, 7) is 0. The molecule has 0 spiro atoms. The molecule has 0 N–H and O–H groups in total. The summed E-state index contributed by atoms with van der Waals surface area (Å²) in [6.07, 6.45) is 3.40.